The molecule has 20 heavy (non-hydrogen) atoms. The average Bonchev–Trinajstić information content (AvgIpc) is 3.07. The molecular weight excluding hydrogens is 264 g/mol. The Labute approximate surface area is 115 Å². The van der Waals surface area contributed by atoms with Gasteiger partial charge < -0.3 is 20.2 Å². The number of aliphatic carboxylic acids is 1. The fourth-order valence-corrected chi connectivity index (χ4v) is 1.83. The first kappa shape index (κ1) is 14.1. The number of amides is 2. The van der Waals surface area contributed by atoms with E-state index < -0.39 is 29.9 Å². The van der Waals surface area contributed by atoms with Gasteiger partial charge in [-0.2, -0.15) is 0 Å². The molecule has 0 aromatic carbocycles. The van der Waals surface area contributed by atoms with Crippen molar-refractivity contribution in [2.24, 2.45) is 5.92 Å². The van der Waals surface area contributed by atoms with Crippen molar-refractivity contribution in [1.29, 1.82) is 0 Å². The zero-order chi connectivity index (χ0) is 14.7. The lowest BCUT2D eigenvalue weighted by Gasteiger charge is -2.18. The summed E-state index contributed by atoms with van der Waals surface area (Å²) < 4.78 is 4.77. The van der Waals surface area contributed by atoms with Crippen LogP contribution in [0.1, 0.15) is 30.1 Å². The fraction of sp³-hybridized carbons (Fsp3) is 0.462. The van der Waals surface area contributed by atoms with E-state index in [4.69, 9.17) is 9.52 Å². The van der Waals surface area contributed by atoms with Crippen molar-refractivity contribution in [3.05, 3.63) is 24.2 Å². The predicted molar refractivity (Wildman–Crippen MR) is 67.9 cm³/mol. The van der Waals surface area contributed by atoms with Crippen LogP contribution in [-0.2, 0) is 9.59 Å². The van der Waals surface area contributed by atoms with Crippen molar-refractivity contribution in [3.63, 3.8) is 0 Å². The first-order valence-corrected chi connectivity index (χ1v) is 6.35. The van der Waals surface area contributed by atoms with Crippen molar-refractivity contribution < 1.29 is 23.9 Å². The highest BCUT2D eigenvalue weighted by Crippen LogP contribution is 2.32. The smallest absolute Gasteiger partial charge is 0.326 e. The Morgan fingerprint density at radius 1 is 1.35 bits per heavy atom. The third kappa shape index (κ3) is 3.37. The lowest BCUT2D eigenvalue weighted by atomic mass is 10.1. The van der Waals surface area contributed by atoms with Crippen LogP contribution in [0.2, 0.25) is 0 Å². The third-order valence-corrected chi connectivity index (χ3v) is 3.18. The van der Waals surface area contributed by atoms with E-state index in [2.05, 4.69) is 10.6 Å². The van der Waals surface area contributed by atoms with Gasteiger partial charge in [0.15, 0.2) is 0 Å². The van der Waals surface area contributed by atoms with Crippen molar-refractivity contribution in [2.45, 2.75) is 31.8 Å². The van der Waals surface area contributed by atoms with Gasteiger partial charge in [0.2, 0.25) is 5.91 Å². The van der Waals surface area contributed by atoms with E-state index in [0.29, 0.717) is 5.56 Å². The Morgan fingerprint density at radius 3 is 2.55 bits per heavy atom. The zero-order valence-corrected chi connectivity index (χ0v) is 11.0. The highest BCUT2D eigenvalue weighted by Gasteiger charge is 2.38. The predicted octanol–water partition coefficient (Wildman–Crippen LogP) is 0.377. The van der Waals surface area contributed by atoms with Gasteiger partial charge in [-0.25, -0.2) is 4.79 Å². The lowest BCUT2D eigenvalue weighted by molar-refractivity contribution is -0.142. The van der Waals surface area contributed by atoms with Gasteiger partial charge in [-0.05, 0) is 31.7 Å². The molecule has 0 spiro atoms. The summed E-state index contributed by atoms with van der Waals surface area (Å²) in [6, 6.07) is -0.224. The normalized spacial score (nSPS) is 17.1. The van der Waals surface area contributed by atoms with E-state index in [1.54, 1.807) is 0 Å². The highest BCUT2D eigenvalue weighted by molar-refractivity contribution is 5.97. The molecular formula is C13H16N2O5. The van der Waals surface area contributed by atoms with Crippen LogP contribution in [0, 0.1) is 5.92 Å². The molecule has 108 valence electrons. The third-order valence-electron chi connectivity index (χ3n) is 3.18. The summed E-state index contributed by atoms with van der Waals surface area (Å²) in [5, 5.41) is 14.0. The van der Waals surface area contributed by atoms with Crippen LogP contribution in [0.4, 0.5) is 0 Å². The topological polar surface area (TPSA) is 109 Å². The van der Waals surface area contributed by atoms with E-state index in [-0.39, 0.29) is 5.92 Å². The summed E-state index contributed by atoms with van der Waals surface area (Å²) in [6.45, 7) is 1.50. The molecule has 1 aliphatic carbocycles. The monoisotopic (exact) mass is 280 g/mol. The van der Waals surface area contributed by atoms with E-state index in [1.807, 2.05) is 0 Å². The van der Waals surface area contributed by atoms with Crippen molar-refractivity contribution in [2.75, 3.05) is 0 Å². The molecule has 0 aliphatic heterocycles. The van der Waals surface area contributed by atoms with Crippen LogP contribution >= 0.6 is 0 Å². The molecule has 0 bridgehead atoms. The Bertz CT molecular complexity index is 507. The van der Waals surface area contributed by atoms with Gasteiger partial charge in [-0.1, -0.05) is 0 Å². The quantitative estimate of drug-likeness (QED) is 0.698. The molecule has 1 saturated carbocycles. The maximum Gasteiger partial charge on any atom is 0.326 e. The van der Waals surface area contributed by atoms with Crippen molar-refractivity contribution >= 4 is 17.8 Å². The first-order valence-electron chi connectivity index (χ1n) is 6.35. The molecule has 3 N–H and O–H groups in total. The molecule has 7 nitrogen and oxygen atoms in total. The molecule has 1 aromatic heterocycles. The number of carboxylic acid groups (broad SMARTS) is 1. The summed E-state index contributed by atoms with van der Waals surface area (Å²) in [5.74, 6) is -2.01. The molecule has 7 heteroatoms. The number of furan rings is 1. The minimum Gasteiger partial charge on any atom is -0.480 e. The van der Waals surface area contributed by atoms with E-state index in [1.165, 1.54) is 25.5 Å². The van der Waals surface area contributed by atoms with Crippen molar-refractivity contribution in [1.82, 2.24) is 10.6 Å². The van der Waals surface area contributed by atoms with E-state index >= 15 is 0 Å². The SMILES string of the molecule is CC(NC(=O)c1ccoc1)C(=O)NC(C(=O)O)C1CC1. The minimum atomic E-state index is -1.05. The average molecular weight is 280 g/mol. The molecule has 2 unspecified atom stereocenters. The fourth-order valence-electron chi connectivity index (χ4n) is 1.83. The number of carbonyl (C=O) groups is 3. The minimum absolute atomic E-state index is 0.00627. The molecule has 1 heterocycles. The second-order valence-corrected chi connectivity index (χ2v) is 4.87. The number of hydrogen-bond acceptors (Lipinski definition) is 4. The summed E-state index contributed by atoms with van der Waals surface area (Å²) in [7, 11) is 0. The Kier molecular flexibility index (Phi) is 4.07. The van der Waals surface area contributed by atoms with Gasteiger partial charge in [-0.15, -0.1) is 0 Å². The van der Waals surface area contributed by atoms with Crippen LogP contribution in [-0.4, -0.2) is 35.0 Å². The summed E-state index contributed by atoms with van der Waals surface area (Å²) in [4.78, 5) is 34.6. The highest BCUT2D eigenvalue weighted by atomic mass is 16.4. The van der Waals surface area contributed by atoms with E-state index in [0.717, 1.165) is 12.8 Å². The molecule has 2 atom stereocenters. The lowest BCUT2D eigenvalue weighted by Crippen LogP contribution is -2.51. The molecule has 1 aliphatic rings. The van der Waals surface area contributed by atoms with Crippen LogP contribution in [0.3, 0.4) is 0 Å². The van der Waals surface area contributed by atoms with E-state index in [9.17, 15) is 14.4 Å². The van der Waals surface area contributed by atoms with Gasteiger partial charge in [0, 0.05) is 0 Å². The van der Waals surface area contributed by atoms with Crippen LogP contribution in [0.15, 0.2) is 23.0 Å². The van der Waals surface area contributed by atoms with Crippen LogP contribution in [0.25, 0.3) is 0 Å². The second kappa shape index (κ2) is 5.77. The molecule has 0 radical (unpaired) electrons. The molecule has 1 fully saturated rings. The number of rotatable bonds is 6. The summed E-state index contributed by atoms with van der Waals surface area (Å²) in [6.07, 6.45) is 4.22. The molecule has 1 aromatic rings. The largest absolute Gasteiger partial charge is 0.480 e. The standard InChI is InChI=1S/C13H16N2O5/c1-7(14-12(17)9-4-5-20-6-9)11(16)15-10(13(18)19)8-2-3-8/h4-8,10H,2-3H2,1H3,(H,14,17)(H,15,16)(H,18,19). The van der Waals surface area contributed by atoms with Gasteiger partial charge in [-0.3, -0.25) is 9.59 Å². The first-order chi connectivity index (χ1) is 9.49. The number of nitrogens with one attached hydrogen (secondary N) is 2. The Balaban J connectivity index is 1.88. The Hall–Kier alpha value is -2.31. The second-order valence-electron chi connectivity index (χ2n) is 4.87. The van der Waals surface area contributed by atoms with Gasteiger partial charge in [0.25, 0.3) is 5.91 Å². The molecule has 0 saturated heterocycles. The number of carboxylic acids is 1. The summed E-state index contributed by atoms with van der Waals surface area (Å²) >= 11 is 0. The Morgan fingerprint density at radius 2 is 2.05 bits per heavy atom. The van der Waals surface area contributed by atoms with Gasteiger partial charge >= 0.3 is 5.97 Å². The maximum atomic E-state index is 11.9. The number of hydrogen-bond donors (Lipinski definition) is 3. The number of carbonyl (C=O) groups excluding carboxylic acids is 2. The van der Waals surface area contributed by atoms with Gasteiger partial charge in [0.05, 0.1) is 11.8 Å². The van der Waals surface area contributed by atoms with Crippen LogP contribution < -0.4 is 10.6 Å². The molecule has 2 amide bonds. The molecule has 2 rings (SSSR count). The summed E-state index contributed by atoms with van der Waals surface area (Å²) in [5.41, 5.74) is 0.307. The van der Waals surface area contributed by atoms with Crippen LogP contribution in [0.5, 0.6) is 0 Å². The zero-order valence-electron chi connectivity index (χ0n) is 11.0. The van der Waals surface area contributed by atoms with Gasteiger partial charge in [0.1, 0.15) is 18.3 Å². The van der Waals surface area contributed by atoms with Crippen molar-refractivity contribution in [3.8, 4) is 0 Å². The maximum absolute atomic E-state index is 11.9.